The molecular formula is C27H30ClN5. The van der Waals surface area contributed by atoms with E-state index in [2.05, 4.69) is 68.9 Å². The van der Waals surface area contributed by atoms with Crippen LogP contribution in [0.1, 0.15) is 73.5 Å². The number of nitrogens with one attached hydrogen (secondary N) is 1. The number of benzene rings is 2. The third-order valence-corrected chi connectivity index (χ3v) is 7.43. The van der Waals surface area contributed by atoms with Gasteiger partial charge in [-0.1, -0.05) is 66.9 Å². The summed E-state index contributed by atoms with van der Waals surface area (Å²) in [5.41, 5.74) is 11.3. The number of aromatic nitrogens is 4. The summed E-state index contributed by atoms with van der Waals surface area (Å²) < 4.78 is 0. The van der Waals surface area contributed by atoms with Gasteiger partial charge in [-0.3, -0.25) is 0 Å². The SMILES string of the molecule is Nc1cc(C(CCCC2CCC(c3cccc(Cl)c3)CC2)c2ccccc2)c2n[nH]nc2n1. The van der Waals surface area contributed by atoms with Gasteiger partial charge in [0.25, 0.3) is 0 Å². The van der Waals surface area contributed by atoms with Crippen LogP contribution in [-0.4, -0.2) is 20.4 Å². The van der Waals surface area contributed by atoms with Crippen molar-refractivity contribution >= 4 is 28.6 Å². The van der Waals surface area contributed by atoms with E-state index in [4.69, 9.17) is 17.3 Å². The molecule has 0 bridgehead atoms. The van der Waals surface area contributed by atoms with Gasteiger partial charge in [0, 0.05) is 10.9 Å². The van der Waals surface area contributed by atoms with Gasteiger partial charge in [-0.2, -0.15) is 10.3 Å². The van der Waals surface area contributed by atoms with Gasteiger partial charge in [-0.25, -0.2) is 4.98 Å². The van der Waals surface area contributed by atoms with E-state index in [9.17, 15) is 0 Å². The molecule has 0 aliphatic heterocycles. The Hall–Kier alpha value is -2.92. The molecule has 2 aromatic carbocycles. The standard InChI is InChI=1S/C27H30ClN5/c28-22-10-5-9-21(16-22)19-14-12-18(13-15-19)6-4-11-23(20-7-2-1-3-8-20)24-17-25(29)30-27-26(24)31-33-32-27/h1-3,5,7-10,16-19,23H,4,6,11-15H2,(H3,29,30,31,32,33). The van der Waals surface area contributed by atoms with Crippen LogP contribution >= 0.6 is 11.6 Å². The maximum Gasteiger partial charge on any atom is 0.203 e. The van der Waals surface area contributed by atoms with Gasteiger partial charge in [-0.15, -0.1) is 5.10 Å². The highest BCUT2D eigenvalue weighted by molar-refractivity contribution is 6.30. The minimum atomic E-state index is 0.229. The largest absolute Gasteiger partial charge is 0.384 e. The lowest BCUT2D eigenvalue weighted by Gasteiger charge is -2.29. The second kappa shape index (κ2) is 9.92. The van der Waals surface area contributed by atoms with Crippen LogP contribution in [0, 0.1) is 5.92 Å². The average Bonchev–Trinajstić information content (AvgIpc) is 3.31. The number of anilines is 1. The third kappa shape index (κ3) is 5.03. The molecule has 3 N–H and O–H groups in total. The van der Waals surface area contributed by atoms with Gasteiger partial charge in [-0.05, 0) is 78.8 Å². The number of H-pyrrole nitrogens is 1. The Morgan fingerprint density at radius 1 is 0.970 bits per heavy atom. The fourth-order valence-corrected chi connectivity index (χ4v) is 5.69. The first-order valence-electron chi connectivity index (χ1n) is 11.9. The van der Waals surface area contributed by atoms with Gasteiger partial charge in [0.05, 0.1) is 0 Å². The molecule has 0 saturated heterocycles. The summed E-state index contributed by atoms with van der Waals surface area (Å²) >= 11 is 6.21. The monoisotopic (exact) mass is 459 g/mol. The summed E-state index contributed by atoms with van der Waals surface area (Å²) in [6.45, 7) is 0. The van der Waals surface area contributed by atoms with Crippen LogP contribution in [0.4, 0.5) is 5.82 Å². The first-order valence-corrected chi connectivity index (χ1v) is 12.3. The van der Waals surface area contributed by atoms with Crippen LogP contribution in [0.2, 0.25) is 5.02 Å². The second-order valence-electron chi connectivity index (χ2n) is 9.30. The average molecular weight is 460 g/mol. The molecule has 2 aromatic heterocycles. The van der Waals surface area contributed by atoms with Gasteiger partial charge in [0.2, 0.25) is 5.65 Å². The zero-order chi connectivity index (χ0) is 22.6. The quantitative estimate of drug-likeness (QED) is 0.316. The van der Waals surface area contributed by atoms with Crippen molar-refractivity contribution in [3.8, 4) is 0 Å². The fourth-order valence-electron chi connectivity index (χ4n) is 5.49. The van der Waals surface area contributed by atoms with Crippen LogP contribution < -0.4 is 5.73 Å². The number of fused-ring (bicyclic) bond motifs is 1. The summed E-state index contributed by atoms with van der Waals surface area (Å²) in [6, 6.07) is 21.0. The topological polar surface area (TPSA) is 80.5 Å². The van der Waals surface area contributed by atoms with Crippen LogP contribution in [0.25, 0.3) is 11.2 Å². The summed E-state index contributed by atoms with van der Waals surface area (Å²) in [7, 11) is 0. The Balaban J connectivity index is 1.25. The predicted molar refractivity (Wildman–Crippen MR) is 134 cm³/mol. The van der Waals surface area contributed by atoms with Gasteiger partial charge in [0.1, 0.15) is 11.3 Å². The lowest BCUT2D eigenvalue weighted by molar-refractivity contribution is 0.301. The maximum absolute atomic E-state index is 6.21. The van der Waals surface area contributed by atoms with Gasteiger partial charge in [0.15, 0.2) is 0 Å². The van der Waals surface area contributed by atoms with Crippen molar-refractivity contribution in [2.75, 3.05) is 5.73 Å². The number of halogens is 1. The van der Waals surface area contributed by atoms with E-state index in [-0.39, 0.29) is 5.92 Å². The Labute approximate surface area is 199 Å². The zero-order valence-electron chi connectivity index (χ0n) is 18.8. The number of hydrogen-bond acceptors (Lipinski definition) is 4. The smallest absolute Gasteiger partial charge is 0.203 e. The Kier molecular flexibility index (Phi) is 6.58. The lowest BCUT2D eigenvalue weighted by atomic mass is 9.76. The highest BCUT2D eigenvalue weighted by atomic mass is 35.5. The number of hydrogen-bond donors (Lipinski definition) is 2. The predicted octanol–water partition coefficient (Wildman–Crippen LogP) is 6.86. The minimum absolute atomic E-state index is 0.229. The van der Waals surface area contributed by atoms with E-state index in [1.807, 2.05) is 12.1 Å². The molecular weight excluding hydrogens is 430 g/mol. The minimum Gasteiger partial charge on any atom is -0.384 e. The molecule has 6 heteroatoms. The van der Waals surface area contributed by atoms with Gasteiger partial charge >= 0.3 is 0 Å². The van der Waals surface area contributed by atoms with E-state index >= 15 is 0 Å². The Bertz CT molecular complexity index is 1200. The molecule has 2 heterocycles. The van der Waals surface area contributed by atoms with Gasteiger partial charge < -0.3 is 5.73 Å². The fraction of sp³-hybridized carbons (Fsp3) is 0.370. The number of aromatic amines is 1. The first kappa shape index (κ1) is 21.9. The number of pyridine rings is 1. The molecule has 33 heavy (non-hydrogen) atoms. The van der Waals surface area contributed by atoms with Crippen molar-refractivity contribution in [1.29, 1.82) is 0 Å². The van der Waals surface area contributed by atoms with E-state index < -0.39 is 0 Å². The van der Waals surface area contributed by atoms with Crippen LogP contribution in [0.3, 0.4) is 0 Å². The molecule has 5 nitrogen and oxygen atoms in total. The van der Waals surface area contributed by atoms with Crippen LogP contribution in [0.5, 0.6) is 0 Å². The molecule has 1 unspecified atom stereocenters. The summed E-state index contributed by atoms with van der Waals surface area (Å²) in [5.74, 6) is 2.17. The normalized spacial score (nSPS) is 19.5. The molecule has 1 saturated carbocycles. The summed E-state index contributed by atoms with van der Waals surface area (Å²) in [4.78, 5) is 4.33. The number of nitrogens with zero attached hydrogens (tertiary/aromatic N) is 3. The van der Waals surface area contributed by atoms with E-state index in [1.54, 1.807) is 0 Å². The second-order valence-corrected chi connectivity index (χ2v) is 9.74. The first-order chi connectivity index (χ1) is 16.2. The zero-order valence-corrected chi connectivity index (χ0v) is 19.5. The molecule has 4 aromatic rings. The number of rotatable bonds is 7. The van der Waals surface area contributed by atoms with Crippen molar-refractivity contribution in [1.82, 2.24) is 20.4 Å². The van der Waals surface area contributed by atoms with Crippen molar-refractivity contribution < 1.29 is 0 Å². The van der Waals surface area contributed by atoms with E-state index in [0.717, 1.165) is 28.4 Å². The van der Waals surface area contributed by atoms with Crippen molar-refractivity contribution in [2.24, 2.45) is 5.92 Å². The molecule has 1 atom stereocenters. The van der Waals surface area contributed by atoms with E-state index in [1.165, 1.54) is 49.7 Å². The van der Waals surface area contributed by atoms with Crippen molar-refractivity contribution in [3.63, 3.8) is 0 Å². The molecule has 0 spiro atoms. The summed E-state index contributed by atoms with van der Waals surface area (Å²) in [6.07, 6.45) is 8.60. The molecule has 1 aliphatic carbocycles. The molecule has 1 aliphatic rings. The van der Waals surface area contributed by atoms with E-state index in [0.29, 0.717) is 17.4 Å². The highest BCUT2D eigenvalue weighted by Gasteiger charge is 2.24. The number of nitrogens with two attached hydrogens (primary N) is 1. The molecule has 0 amide bonds. The Morgan fingerprint density at radius 2 is 1.79 bits per heavy atom. The maximum atomic E-state index is 6.21. The van der Waals surface area contributed by atoms with Crippen LogP contribution in [-0.2, 0) is 0 Å². The highest BCUT2D eigenvalue weighted by Crippen LogP contribution is 2.40. The molecule has 5 rings (SSSR count). The molecule has 1 fully saturated rings. The van der Waals surface area contributed by atoms with Crippen molar-refractivity contribution in [3.05, 3.63) is 82.4 Å². The van der Waals surface area contributed by atoms with Crippen LogP contribution in [0.15, 0.2) is 60.7 Å². The summed E-state index contributed by atoms with van der Waals surface area (Å²) in [5, 5.41) is 12.1. The molecule has 0 radical (unpaired) electrons. The lowest BCUT2D eigenvalue weighted by Crippen LogP contribution is -2.14. The number of nitrogen functional groups attached to an aromatic ring is 1. The molecule has 170 valence electrons. The third-order valence-electron chi connectivity index (χ3n) is 7.19. The Morgan fingerprint density at radius 3 is 2.58 bits per heavy atom. The van der Waals surface area contributed by atoms with Crippen molar-refractivity contribution in [2.45, 2.75) is 56.8 Å².